The van der Waals surface area contributed by atoms with Gasteiger partial charge in [-0.05, 0) is 70.6 Å². The van der Waals surface area contributed by atoms with E-state index < -0.39 is 35.7 Å². The van der Waals surface area contributed by atoms with Crippen molar-refractivity contribution in [1.29, 1.82) is 0 Å². The number of hydrogen-bond acceptors (Lipinski definition) is 9. The van der Waals surface area contributed by atoms with Crippen LogP contribution in [-0.4, -0.2) is 135 Å². The fraction of sp³-hybridized carbons (Fsp3) is 0.738. The fourth-order valence-corrected chi connectivity index (χ4v) is 8.22. The van der Waals surface area contributed by atoms with Crippen molar-refractivity contribution in [3.05, 3.63) is 35.9 Å². The van der Waals surface area contributed by atoms with Crippen LogP contribution in [0, 0.1) is 23.7 Å². The van der Waals surface area contributed by atoms with Crippen LogP contribution in [0.5, 0.6) is 0 Å². The van der Waals surface area contributed by atoms with Gasteiger partial charge in [-0.2, -0.15) is 0 Å². The number of aldehydes is 1. The highest BCUT2D eigenvalue weighted by Gasteiger charge is 2.44. The molecule has 1 fully saturated rings. The van der Waals surface area contributed by atoms with E-state index >= 15 is 0 Å². The van der Waals surface area contributed by atoms with Gasteiger partial charge in [0.05, 0.1) is 42.7 Å². The third-order valence-corrected chi connectivity index (χ3v) is 11.6. The lowest BCUT2D eigenvalue weighted by atomic mass is 9.84. The predicted octanol–water partition coefficient (Wildman–Crippen LogP) is 3.99. The first-order chi connectivity index (χ1) is 25.4. The molecule has 0 radical (unpaired) electrons. The number of methoxy groups -OCH3 is 2. The first-order valence-electron chi connectivity index (χ1n) is 19.7. The first-order valence-corrected chi connectivity index (χ1v) is 19.7. The second kappa shape index (κ2) is 21.8. The second-order valence-corrected chi connectivity index (χ2v) is 16.4. The van der Waals surface area contributed by atoms with Crippen LogP contribution in [0.3, 0.4) is 0 Å². The second-order valence-electron chi connectivity index (χ2n) is 16.4. The topological polar surface area (TPSA) is 138 Å². The number of benzene rings is 1. The number of amides is 3. The van der Waals surface area contributed by atoms with E-state index in [0.717, 1.165) is 24.7 Å². The van der Waals surface area contributed by atoms with Gasteiger partial charge in [-0.1, -0.05) is 85.2 Å². The van der Waals surface area contributed by atoms with Crippen molar-refractivity contribution in [3.63, 3.8) is 0 Å². The molecule has 0 unspecified atom stereocenters. The third-order valence-electron chi connectivity index (χ3n) is 11.6. The van der Waals surface area contributed by atoms with Crippen molar-refractivity contribution in [3.8, 4) is 0 Å². The van der Waals surface area contributed by atoms with Gasteiger partial charge < -0.3 is 29.8 Å². The van der Waals surface area contributed by atoms with E-state index in [4.69, 9.17) is 9.47 Å². The summed E-state index contributed by atoms with van der Waals surface area (Å²) in [6, 6.07) is 7.88. The molecule has 12 nitrogen and oxygen atoms in total. The molecule has 12 heteroatoms. The summed E-state index contributed by atoms with van der Waals surface area (Å²) in [5, 5.41) is 6.07. The average Bonchev–Trinajstić information content (AvgIpc) is 3.60. The SMILES string of the molecule is CC[C@H](C)[C@@H]([C@@H](CC(=O)N1CCC[C@H]1[C@H](OC)[C@@H](C)C(=O)N[C@@H](Cc1ccccc1)C(C)=O)OC)N(C)C[C@](C=O)(NC(=O)[C@H](C(C)C)N(C)C)C(C)C. The van der Waals surface area contributed by atoms with Gasteiger partial charge >= 0.3 is 0 Å². The van der Waals surface area contributed by atoms with Gasteiger partial charge in [0, 0.05) is 33.4 Å². The molecule has 2 N–H and O–H groups in total. The lowest BCUT2D eigenvalue weighted by Crippen LogP contribution is -2.65. The van der Waals surface area contributed by atoms with Crippen molar-refractivity contribution in [2.24, 2.45) is 23.7 Å². The van der Waals surface area contributed by atoms with Gasteiger partial charge in [-0.25, -0.2) is 0 Å². The van der Waals surface area contributed by atoms with Crippen LogP contribution < -0.4 is 10.6 Å². The van der Waals surface area contributed by atoms with Crippen LogP contribution >= 0.6 is 0 Å². The highest BCUT2D eigenvalue weighted by Crippen LogP contribution is 2.30. The van der Waals surface area contributed by atoms with Crippen molar-refractivity contribution in [2.45, 2.75) is 129 Å². The van der Waals surface area contributed by atoms with Crippen LogP contribution in [-0.2, 0) is 39.9 Å². The zero-order chi connectivity index (χ0) is 40.9. The Morgan fingerprint density at radius 1 is 0.981 bits per heavy atom. The van der Waals surface area contributed by atoms with Gasteiger partial charge in [0.1, 0.15) is 11.8 Å². The lowest BCUT2D eigenvalue weighted by molar-refractivity contribution is -0.143. The summed E-state index contributed by atoms with van der Waals surface area (Å²) < 4.78 is 12.0. The Morgan fingerprint density at radius 2 is 1.61 bits per heavy atom. The van der Waals surface area contributed by atoms with Crippen LogP contribution in [0.25, 0.3) is 0 Å². The molecule has 1 aromatic carbocycles. The van der Waals surface area contributed by atoms with Crippen LogP contribution in [0.15, 0.2) is 30.3 Å². The summed E-state index contributed by atoms with van der Waals surface area (Å²) in [6.45, 7) is 16.1. The number of ketones is 1. The summed E-state index contributed by atoms with van der Waals surface area (Å²) in [5.74, 6) is -1.46. The summed E-state index contributed by atoms with van der Waals surface area (Å²) in [7, 11) is 8.81. The minimum atomic E-state index is -1.17. The third kappa shape index (κ3) is 12.2. The number of carbonyl (C=O) groups is 5. The zero-order valence-electron chi connectivity index (χ0n) is 35.4. The smallest absolute Gasteiger partial charge is 0.238 e. The summed E-state index contributed by atoms with van der Waals surface area (Å²) >= 11 is 0. The fourth-order valence-electron chi connectivity index (χ4n) is 8.22. The zero-order valence-corrected chi connectivity index (χ0v) is 35.4. The standard InChI is InChI=1S/C42H71N5O7/c1-14-29(6)38(46(11)25-42(26-48,28(4)5)44-41(52)37(27(2)3)45(9)10)35(53-12)24-36(50)47-22-18-21-34(47)39(54-13)30(7)40(51)43-33(31(8)49)23-32-19-16-15-17-20-32/h15-17,19-20,26-30,33-35,37-39H,14,18,21-25H2,1-13H3,(H,43,51)(H,44,52)/t29-,30+,33-,34-,35+,37-,38-,39+,42+/m0/s1. The highest BCUT2D eigenvalue weighted by atomic mass is 16.5. The van der Waals surface area contributed by atoms with Gasteiger partial charge in [0.2, 0.25) is 17.7 Å². The van der Waals surface area contributed by atoms with E-state index in [9.17, 15) is 24.0 Å². The van der Waals surface area contributed by atoms with E-state index in [-0.39, 0.29) is 66.3 Å². The molecule has 2 rings (SSSR count). The molecule has 0 aromatic heterocycles. The monoisotopic (exact) mass is 758 g/mol. The van der Waals surface area contributed by atoms with E-state index in [1.807, 2.05) is 89.0 Å². The molecule has 0 saturated carbocycles. The number of Topliss-reactive ketones (excluding diaryl/α,β-unsaturated/α-hetero) is 1. The van der Waals surface area contributed by atoms with Crippen LogP contribution in [0.1, 0.15) is 86.6 Å². The number of rotatable bonds is 23. The molecule has 306 valence electrons. The highest BCUT2D eigenvalue weighted by molar-refractivity contribution is 5.89. The molecular formula is C42H71N5O7. The molecule has 1 aromatic rings. The number of nitrogens with one attached hydrogen (secondary N) is 2. The van der Waals surface area contributed by atoms with E-state index in [0.29, 0.717) is 19.4 Å². The van der Waals surface area contributed by atoms with E-state index in [1.165, 1.54) is 6.92 Å². The lowest BCUT2D eigenvalue weighted by Gasteiger charge is -2.44. The molecule has 3 amide bonds. The van der Waals surface area contributed by atoms with Crippen molar-refractivity contribution in [1.82, 2.24) is 25.3 Å². The molecular weight excluding hydrogens is 686 g/mol. The predicted molar refractivity (Wildman–Crippen MR) is 213 cm³/mol. The number of likely N-dealkylation sites (N-methyl/N-ethyl adjacent to an activating group) is 2. The molecule has 1 heterocycles. The Labute approximate surface area is 325 Å². The van der Waals surface area contributed by atoms with Gasteiger partial charge in [-0.3, -0.25) is 29.0 Å². The molecule has 0 spiro atoms. The average molecular weight is 758 g/mol. The summed E-state index contributed by atoms with van der Waals surface area (Å²) in [5.41, 5.74) is -0.223. The molecule has 1 aliphatic rings. The number of nitrogens with zero attached hydrogens (tertiary/aromatic N) is 3. The molecule has 0 bridgehead atoms. The first kappa shape index (κ1) is 47.0. The normalized spacial score (nSPS) is 19.9. The van der Waals surface area contributed by atoms with Gasteiger partial charge in [-0.15, -0.1) is 0 Å². The minimum absolute atomic E-state index is 0.0348. The summed E-state index contributed by atoms with van der Waals surface area (Å²) in [6.07, 6.45) is 2.47. The minimum Gasteiger partial charge on any atom is -0.379 e. The largest absolute Gasteiger partial charge is 0.379 e. The molecule has 1 aliphatic heterocycles. The molecule has 54 heavy (non-hydrogen) atoms. The Morgan fingerprint density at radius 3 is 2.09 bits per heavy atom. The van der Waals surface area contributed by atoms with Crippen molar-refractivity contribution < 1.29 is 33.4 Å². The maximum absolute atomic E-state index is 14.3. The van der Waals surface area contributed by atoms with Gasteiger partial charge in [0.25, 0.3) is 0 Å². The van der Waals surface area contributed by atoms with Gasteiger partial charge in [0.15, 0.2) is 5.78 Å². The van der Waals surface area contributed by atoms with Crippen LogP contribution in [0.4, 0.5) is 0 Å². The quantitative estimate of drug-likeness (QED) is 0.159. The number of ether oxygens (including phenoxy) is 2. The summed E-state index contributed by atoms with van der Waals surface area (Å²) in [4.78, 5) is 72.8. The Bertz CT molecular complexity index is 1350. The van der Waals surface area contributed by atoms with E-state index in [2.05, 4.69) is 29.4 Å². The number of hydrogen-bond donors (Lipinski definition) is 2. The molecule has 0 aliphatic carbocycles. The van der Waals surface area contributed by atoms with Crippen molar-refractivity contribution in [2.75, 3.05) is 48.5 Å². The maximum Gasteiger partial charge on any atom is 0.238 e. The number of likely N-dealkylation sites (tertiary alicyclic amines) is 1. The maximum atomic E-state index is 14.3. The Kier molecular flexibility index (Phi) is 18.9. The Balaban J connectivity index is 2.30. The number of carbonyl (C=O) groups excluding carboxylic acids is 5. The van der Waals surface area contributed by atoms with Crippen LogP contribution in [0.2, 0.25) is 0 Å². The Hall–Kier alpha value is -3.19. The van der Waals surface area contributed by atoms with Crippen molar-refractivity contribution >= 4 is 29.8 Å². The molecule has 1 saturated heterocycles. The molecule has 9 atom stereocenters. The van der Waals surface area contributed by atoms with E-state index in [1.54, 1.807) is 21.1 Å².